The first-order chi connectivity index (χ1) is 16.5. The minimum Gasteiger partial charge on any atom is -0.497 e. The second kappa shape index (κ2) is 13.1. The number of unbranched alkanes of at least 4 members (excludes halogenated alkanes) is 5. The number of amides is 1. The van der Waals surface area contributed by atoms with E-state index in [0.717, 1.165) is 28.5 Å². The van der Waals surface area contributed by atoms with Gasteiger partial charge >= 0.3 is 5.97 Å². The van der Waals surface area contributed by atoms with Crippen LogP contribution in [0.25, 0.3) is 10.1 Å². The van der Waals surface area contributed by atoms with Crippen molar-refractivity contribution in [2.75, 3.05) is 7.11 Å². The summed E-state index contributed by atoms with van der Waals surface area (Å²) in [5.74, 6) is 0.477. The molecule has 0 aliphatic rings. The number of hydrogen-bond donors (Lipinski definition) is 1. The summed E-state index contributed by atoms with van der Waals surface area (Å²) < 4.78 is 11.6. The summed E-state index contributed by atoms with van der Waals surface area (Å²) in [4.78, 5) is 24.8. The summed E-state index contributed by atoms with van der Waals surface area (Å²) >= 11 is 7.66. The first kappa shape index (κ1) is 25.7. The van der Waals surface area contributed by atoms with Crippen molar-refractivity contribution in [1.82, 2.24) is 5.43 Å². The highest BCUT2D eigenvalue weighted by molar-refractivity contribution is 7.21. The minimum atomic E-state index is -0.520. The number of carbonyl (C=O) groups is 2. The third-order valence-electron chi connectivity index (χ3n) is 5.27. The van der Waals surface area contributed by atoms with E-state index in [9.17, 15) is 9.59 Å². The highest BCUT2D eigenvalue weighted by Crippen LogP contribution is 2.37. The zero-order valence-electron chi connectivity index (χ0n) is 19.4. The number of carbonyl (C=O) groups excluding carboxylic acids is 2. The lowest BCUT2D eigenvalue weighted by molar-refractivity contribution is -0.121. The summed E-state index contributed by atoms with van der Waals surface area (Å²) in [7, 11) is 1.59. The summed E-state index contributed by atoms with van der Waals surface area (Å²) in [6, 6.07) is 12.3. The molecule has 8 heteroatoms. The standard InChI is InChI=1S/C26H29ClN2O4S/c1-3-4-5-6-7-8-9-23(30)29-28-17-18-10-12-19(13-11-18)33-26(31)25-24(27)21-15-14-20(32-2)16-22(21)34-25/h10-17H,3-9H2,1-2H3,(H,29,30). The van der Waals surface area contributed by atoms with Crippen LogP contribution in [0, 0.1) is 0 Å². The van der Waals surface area contributed by atoms with Crippen molar-refractivity contribution < 1.29 is 19.1 Å². The number of halogens is 1. The molecule has 1 N–H and O–H groups in total. The lowest BCUT2D eigenvalue weighted by Gasteiger charge is -2.04. The largest absolute Gasteiger partial charge is 0.497 e. The van der Waals surface area contributed by atoms with Gasteiger partial charge < -0.3 is 9.47 Å². The Morgan fingerprint density at radius 3 is 2.47 bits per heavy atom. The summed E-state index contributed by atoms with van der Waals surface area (Å²) in [6.07, 6.45) is 8.85. The van der Waals surface area contributed by atoms with E-state index in [4.69, 9.17) is 21.1 Å². The van der Waals surface area contributed by atoms with E-state index in [1.807, 2.05) is 12.1 Å². The Hall–Kier alpha value is -2.90. The number of esters is 1. The molecule has 0 fully saturated rings. The normalized spacial score (nSPS) is 11.1. The molecule has 2 aromatic carbocycles. The Bertz CT molecular complexity index is 1140. The molecular formula is C26H29ClN2O4S. The summed E-state index contributed by atoms with van der Waals surface area (Å²) in [5.41, 5.74) is 3.32. The number of hydrogen-bond acceptors (Lipinski definition) is 6. The molecule has 0 atom stereocenters. The average molecular weight is 501 g/mol. The highest BCUT2D eigenvalue weighted by Gasteiger charge is 2.19. The topological polar surface area (TPSA) is 77.0 Å². The second-order valence-electron chi connectivity index (χ2n) is 7.88. The van der Waals surface area contributed by atoms with Crippen molar-refractivity contribution in [2.24, 2.45) is 5.10 Å². The van der Waals surface area contributed by atoms with Crippen LogP contribution in [0.2, 0.25) is 5.02 Å². The first-order valence-corrected chi connectivity index (χ1v) is 12.6. The number of methoxy groups -OCH3 is 1. The van der Waals surface area contributed by atoms with E-state index in [1.165, 1.54) is 37.0 Å². The van der Waals surface area contributed by atoms with Crippen molar-refractivity contribution in [2.45, 2.75) is 51.9 Å². The molecule has 1 aromatic heterocycles. The summed E-state index contributed by atoms with van der Waals surface area (Å²) in [5, 5.41) is 5.15. The monoisotopic (exact) mass is 500 g/mol. The molecule has 0 aliphatic heterocycles. The molecule has 0 saturated heterocycles. The predicted octanol–water partition coefficient (Wildman–Crippen LogP) is 6.98. The van der Waals surface area contributed by atoms with Crippen LogP contribution in [0.4, 0.5) is 0 Å². The molecule has 0 bridgehead atoms. The van der Waals surface area contributed by atoms with Crippen LogP contribution < -0.4 is 14.9 Å². The predicted molar refractivity (Wildman–Crippen MR) is 139 cm³/mol. The van der Waals surface area contributed by atoms with Crippen LogP contribution in [0.3, 0.4) is 0 Å². The molecule has 0 radical (unpaired) electrons. The zero-order chi connectivity index (χ0) is 24.3. The van der Waals surface area contributed by atoms with Crippen molar-refractivity contribution in [1.29, 1.82) is 0 Å². The smallest absolute Gasteiger partial charge is 0.355 e. The Kier molecular flexibility index (Phi) is 9.91. The van der Waals surface area contributed by atoms with Gasteiger partial charge in [0.2, 0.25) is 5.91 Å². The van der Waals surface area contributed by atoms with E-state index in [2.05, 4.69) is 17.5 Å². The number of hydrazone groups is 1. The molecule has 0 aliphatic carbocycles. The first-order valence-electron chi connectivity index (χ1n) is 11.4. The van der Waals surface area contributed by atoms with E-state index >= 15 is 0 Å². The van der Waals surface area contributed by atoms with Crippen molar-refractivity contribution in [3.05, 3.63) is 57.9 Å². The molecule has 1 heterocycles. The van der Waals surface area contributed by atoms with Gasteiger partial charge in [-0.15, -0.1) is 11.3 Å². The number of nitrogens with one attached hydrogen (secondary N) is 1. The fraction of sp³-hybridized carbons (Fsp3) is 0.346. The molecule has 6 nitrogen and oxygen atoms in total. The zero-order valence-corrected chi connectivity index (χ0v) is 21.0. The SMILES string of the molecule is CCCCCCCCC(=O)NN=Cc1ccc(OC(=O)c2sc3cc(OC)ccc3c2Cl)cc1. The van der Waals surface area contributed by atoms with Gasteiger partial charge in [0.05, 0.1) is 18.3 Å². The molecule has 0 spiro atoms. The van der Waals surface area contributed by atoms with E-state index < -0.39 is 5.97 Å². The van der Waals surface area contributed by atoms with Gasteiger partial charge in [-0.3, -0.25) is 4.79 Å². The Morgan fingerprint density at radius 2 is 1.74 bits per heavy atom. The maximum Gasteiger partial charge on any atom is 0.355 e. The third-order valence-corrected chi connectivity index (χ3v) is 6.91. The Balaban J connectivity index is 1.49. The lowest BCUT2D eigenvalue weighted by atomic mass is 10.1. The maximum atomic E-state index is 12.6. The van der Waals surface area contributed by atoms with Crippen molar-refractivity contribution in [3.63, 3.8) is 0 Å². The van der Waals surface area contributed by atoms with Crippen molar-refractivity contribution in [3.8, 4) is 11.5 Å². The van der Waals surface area contributed by atoms with Crippen LogP contribution in [0.15, 0.2) is 47.6 Å². The molecule has 3 aromatic rings. The van der Waals surface area contributed by atoms with E-state index in [1.54, 1.807) is 43.7 Å². The van der Waals surface area contributed by atoms with Gasteiger partial charge in [0.1, 0.15) is 16.4 Å². The average Bonchev–Trinajstić information content (AvgIpc) is 3.18. The highest BCUT2D eigenvalue weighted by atomic mass is 35.5. The molecule has 3 rings (SSSR count). The molecular weight excluding hydrogens is 472 g/mol. The maximum absolute atomic E-state index is 12.6. The quantitative estimate of drug-likeness (QED) is 0.0956. The van der Waals surface area contributed by atoms with Gasteiger partial charge in [-0.05, 0) is 54.4 Å². The number of thiophene rings is 1. The van der Waals surface area contributed by atoms with Gasteiger partial charge in [-0.25, -0.2) is 10.2 Å². The fourth-order valence-corrected chi connectivity index (χ4v) is 4.79. The Labute approximate surface area is 208 Å². The molecule has 34 heavy (non-hydrogen) atoms. The molecule has 1 amide bonds. The number of nitrogens with zero attached hydrogens (tertiary/aromatic N) is 1. The number of benzene rings is 2. The fourth-order valence-electron chi connectivity index (χ4n) is 3.38. The van der Waals surface area contributed by atoms with Crippen molar-refractivity contribution >= 4 is 51.1 Å². The van der Waals surface area contributed by atoms with Gasteiger partial charge in [0, 0.05) is 16.5 Å². The molecule has 0 saturated carbocycles. The van der Waals surface area contributed by atoms with E-state index in [-0.39, 0.29) is 5.91 Å². The minimum absolute atomic E-state index is 0.0878. The third kappa shape index (κ3) is 7.30. The lowest BCUT2D eigenvalue weighted by Crippen LogP contribution is -2.16. The number of fused-ring (bicyclic) bond motifs is 1. The van der Waals surface area contributed by atoms with Crippen LogP contribution >= 0.6 is 22.9 Å². The Morgan fingerprint density at radius 1 is 1.03 bits per heavy atom. The van der Waals surface area contributed by atoms with Crippen LogP contribution in [0.1, 0.15) is 67.1 Å². The van der Waals surface area contributed by atoms with Gasteiger partial charge in [0.25, 0.3) is 0 Å². The molecule has 0 unspecified atom stereocenters. The number of ether oxygens (including phenoxy) is 2. The van der Waals surface area contributed by atoms with E-state index in [0.29, 0.717) is 27.8 Å². The van der Waals surface area contributed by atoms with Crippen LogP contribution in [0.5, 0.6) is 11.5 Å². The van der Waals surface area contributed by atoms with Gasteiger partial charge in [-0.2, -0.15) is 5.10 Å². The van der Waals surface area contributed by atoms with Crippen LogP contribution in [-0.2, 0) is 4.79 Å². The summed E-state index contributed by atoms with van der Waals surface area (Å²) in [6.45, 7) is 2.19. The van der Waals surface area contributed by atoms with Gasteiger partial charge in [-0.1, -0.05) is 50.6 Å². The second-order valence-corrected chi connectivity index (χ2v) is 9.31. The number of rotatable bonds is 12. The van der Waals surface area contributed by atoms with Crippen LogP contribution in [-0.4, -0.2) is 25.2 Å². The molecule has 180 valence electrons. The van der Waals surface area contributed by atoms with Gasteiger partial charge in [0.15, 0.2) is 0 Å².